The maximum absolute atomic E-state index is 4.58. The summed E-state index contributed by atoms with van der Waals surface area (Å²) in [7, 11) is 0. The fourth-order valence-electron chi connectivity index (χ4n) is 2.60. The van der Waals surface area contributed by atoms with Crippen molar-refractivity contribution in [3.05, 3.63) is 59.7 Å². The van der Waals surface area contributed by atoms with Crippen molar-refractivity contribution in [1.29, 1.82) is 0 Å². The van der Waals surface area contributed by atoms with Gasteiger partial charge in [0.1, 0.15) is 0 Å². The van der Waals surface area contributed by atoms with E-state index in [2.05, 4.69) is 30.8 Å². The third-order valence-corrected chi connectivity index (χ3v) is 3.82. The third kappa shape index (κ3) is 3.19. The molecule has 0 atom stereocenters. The van der Waals surface area contributed by atoms with Gasteiger partial charge < -0.3 is 10.6 Å². The number of aromatic nitrogens is 5. The molecule has 1 aliphatic heterocycles. The van der Waals surface area contributed by atoms with E-state index in [9.17, 15) is 0 Å². The minimum atomic E-state index is 0.633. The van der Waals surface area contributed by atoms with Crippen LogP contribution >= 0.6 is 0 Å². The molecule has 0 saturated heterocycles. The first kappa shape index (κ1) is 13.8. The van der Waals surface area contributed by atoms with Crippen LogP contribution in [-0.4, -0.2) is 31.5 Å². The molecule has 1 aliphatic rings. The molecule has 0 amide bonds. The van der Waals surface area contributed by atoms with Crippen LogP contribution in [0.1, 0.15) is 16.8 Å². The second-order valence-electron chi connectivity index (χ2n) is 5.47. The van der Waals surface area contributed by atoms with Crippen molar-refractivity contribution in [2.75, 3.05) is 11.9 Å². The average molecular weight is 307 g/mol. The molecule has 116 valence electrons. The summed E-state index contributed by atoms with van der Waals surface area (Å²) in [6.45, 7) is 2.46. The van der Waals surface area contributed by atoms with Crippen LogP contribution in [0, 0.1) is 0 Å². The molecule has 4 rings (SSSR count). The van der Waals surface area contributed by atoms with Gasteiger partial charge in [0, 0.05) is 18.4 Å². The smallest absolute Gasteiger partial charge is 0.227 e. The number of hydrogen-bond donors (Lipinski definition) is 2. The zero-order valence-electron chi connectivity index (χ0n) is 12.6. The summed E-state index contributed by atoms with van der Waals surface area (Å²) in [6.07, 6.45) is 6.27. The Morgan fingerprint density at radius 1 is 1.13 bits per heavy atom. The Hall–Kier alpha value is -2.80. The van der Waals surface area contributed by atoms with Gasteiger partial charge in [-0.3, -0.25) is 0 Å². The highest BCUT2D eigenvalue weighted by Gasteiger charge is 2.11. The molecule has 3 aromatic rings. The van der Waals surface area contributed by atoms with Gasteiger partial charge in [-0.1, -0.05) is 12.1 Å². The molecule has 7 nitrogen and oxygen atoms in total. The fraction of sp³-hybridized carbons (Fsp3) is 0.250. The highest BCUT2D eigenvalue weighted by molar-refractivity contribution is 5.54. The van der Waals surface area contributed by atoms with Gasteiger partial charge in [-0.15, -0.1) is 0 Å². The first-order chi connectivity index (χ1) is 11.4. The lowest BCUT2D eigenvalue weighted by atomic mass is 10.1. The maximum Gasteiger partial charge on any atom is 0.227 e. The summed E-state index contributed by atoms with van der Waals surface area (Å²) >= 11 is 0. The lowest BCUT2D eigenvalue weighted by molar-refractivity contribution is 0.591. The molecule has 3 heterocycles. The molecule has 7 heteroatoms. The van der Waals surface area contributed by atoms with Crippen molar-refractivity contribution in [2.45, 2.75) is 19.5 Å². The maximum atomic E-state index is 4.58. The topological polar surface area (TPSA) is 80.5 Å². The van der Waals surface area contributed by atoms with Crippen LogP contribution in [0.25, 0.3) is 0 Å². The molecule has 0 spiro atoms. The summed E-state index contributed by atoms with van der Waals surface area (Å²) in [5, 5.41) is 14.8. The van der Waals surface area contributed by atoms with Crippen LogP contribution < -0.4 is 10.6 Å². The van der Waals surface area contributed by atoms with E-state index in [0.29, 0.717) is 12.5 Å². The van der Waals surface area contributed by atoms with Gasteiger partial charge in [0.15, 0.2) is 0 Å². The average Bonchev–Trinajstić information content (AvgIpc) is 3.10. The molecule has 0 aliphatic carbocycles. The zero-order valence-corrected chi connectivity index (χ0v) is 12.6. The number of rotatable bonds is 4. The van der Waals surface area contributed by atoms with Gasteiger partial charge >= 0.3 is 0 Å². The van der Waals surface area contributed by atoms with Crippen molar-refractivity contribution in [3.8, 4) is 0 Å². The van der Waals surface area contributed by atoms with Gasteiger partial charge in [-0.2, -0.15) is 15.0 Å². The Bertz CT molecular complexity index is 781. The number of hydrogen-bond acceptors (Lipinski definition) is 6. The Morgan fingerprint density at radius 2 is 1.96 bits per heavy atom. The summed E-state index contributed by atoms with van der Waals surface area (Å²) < 4.78 is 0. The normalized spacial score (nSPS) is 13.6. The number of fused-ring (bicyclic) bond motifs is 1. The van der Waals surface area contributed by atoms with Gasteiger partial charge in [0.25, 0.3) is 0 Å². The summed E-state index contributed by atoms with van der Waals surface area (Å²) in [4.78, 5) is 10.6. The first-order valence-corrected chi connectivity index (χ1v) is 7.62. The van der Waals surface area contributed by atoms with E-state index in [1.807, 2.05) is 30.5 Å². The highest BCUT2D eigenvalue weighted by Crippen LogP contribution is 2.17. The Morgan fingerprint density at radius 3 is 2.78 bits per heavy atom. The molecule has 0 fully saturated rings. The van der Waals surface area contributed by atoms with Crippen molar-refractivity contribution in [2.24, 2.45) is 0 Å². The summed E-state index contributed by atoms with van der Waals surface area (Å²) in [6, 6.07) is 8.12. The van der Waals surface area contributed by atoms with E-state index in [1.165, 1.54) is 5.56 Å². The van der Waals surface area contributed by atoms with Crippen molar-refractivity contribution in [3.63, 3.8) is 0 Å². The van der Waals surface area contributed by atoms with E-state index in [1.54, 1.807) is 17.2 Å². The van der Waals surface area contributed by atoms with Gasteiger partial charge in [-0.05, 0) is 36.2 Å². The minimum absolute atomic E-state index is 0.633. The van der Waals surface area contributed by atoms with Crippen LogP contribution in [0.3, 0.4) is 0 Å². The first-order valence-electron chi connectivity index (χ1n) is 7.62. The molecule has 0 radical (unpaired) electrons. The second-order valence-corrected chi connectivity index (χ2v) is 5.47. The lowest BCUT2D eigenvalue weighted by Crippen LogP contribution is -2.25. The number of benzene rings is 1. The quantitative estimate of drug-likeness (QED) is 0.760. The molecule has 0 bridgehead atoms. The van der Waals surface area contributed by atoms with Crippen molar-refractivity contribution in [1.82, 2.24) is 30.3 Å². The Balaban J connectivity index is 1.46. The monoisotopic (exact) mass is 307 g/mol. The van der Waals surface area contributed by atoms with E-state index >= 15 is 0 Å². The number of anilines is 2. The standard InChI is InChI=1S/C16H17N7/c1-3-14(4-2-12(1)11-23-19-7-8-20-23)21-16-18-9-13-5-6-17-10-15(13)22-16/h1-4,7-9,17H,5-6,10-11H2,(H,18,21,22). The highest BCUT2D eigenvalue weighted by atomic mass is 15.5. The lowest BCUT2D eigenvalue weighted by Gasteiger charge is -2.16. The van der Waals surface area contributed by atoms with E-state index < -0.39 is 0 Å². The molecule has 23 heavy (non-hydrogen) atoms. The summed E-state index contributed by atoms with van der Waals surface area (Å²) in [5.41, 5.74) is 4.42. The SMILES string of the molecule is c1cnn(Cc2ccc(Nc3ncc4c(n3)CNCC4)cc2)n1. The van der Waals surface area contributed by atoms with Crippen molar-refractivity contribution >= 4 is 11.6 Å². The van der Waals surface area contributed by atoms with Crippen LogP contribution in [-0.2, 0) is 19.5 Å². The fourth-order valence-corrected chi connectivity index (χ4v) is 2.60. The third-order valence-electron chi connectivity index (χ3n) is 3.82. The largest absolute Gasteiger partial charge is 0.324 e. The molecule has 0 saturated carbocycles. The van der Waals surface area contributed by atoms with Crippen molar-refractivity contribution < 1.29 is 0 Å². The molecule has 1 aromatic carbocycles. The predicted molar refractivity (Wildman–Crippen MR) is 86.3 cm³/mol. The van der Waals surface area contributed by atoms with Crippen LogP contribution in [0.15, 0.2) is 42.9 Å². The molecule has 2 aromatic heterocycles. The predicted octanol–water partition coefficient (Wildman–Crippen LogP) is 1.51. The van der Waals surface area contributed by atoms with Gasteiger partial charge in [0.05, 0.1) is 24.6 Å². The zero-order chi connectivity index (χ0) is 15.5. The van der Waals surface area contributed by atoms with Crippen LogP contribution in [0.4, 0.5) is 11.6 Å². The van der Waals surface area contributed by atoms with Crippen LogP contribution in [0.2, 0.25) is 0 Å². The van der Waals surface area contributed by atoms with Gasteiger partial charge in [0.2, 0.25) is 5.95 Å². The van der Waals surface area contributed by atoms with E-state index in [-0.39, 0.29) is 0 Å². The minimum Gasteiger partial charge on any atom is -0.324 e. The van der Waals surface area contributed by atoms with Gasteiger partial charge in [-0.25, -0.2) is 9.97 Å². The Kier molecular flexibility index (Phi) is 3.69. The molecular weight excluding hydrogens is 290 g/mol. The van der Waals surface area contributed by atoms with E-state index in [4.69, 9.17) is 0 Å². The number of nitrogens with zero attached hydrogens (tertiary/aromatic N) is 5. The van der Waals surface area contributed by atoms with Crippen LogP contribution in [0.5, 0.6) is 0 Å². The Labute approximate surface area is 133 Å². The summed E-state index contributed by atoms with van der Waals surface area (Å²) in [5.74, 6) is 0.633. The molecule has 2 N–H and O–H groups in total. The molecular formula is C16H17N7. The molecule has 0 unspecified atom stereocenters. The second kappa shape index (κ2) is 6.13. The van der Waals surface area contributed by atoms with E-state index in [0.717, 1.165) is 36.5 Å². The number of nitrogens with one attached hydrogen (secondary N) is 2.